The van der Waals surface area contributed by atoms with Crippen LogP contribution in [0, 0.1) is 0 Å². The molecular formula is C23H45NO3. The summed E-state index contributed by atoms with van der Waals surface area (Å²) in [5.41, 5.74) is -0.744. The lowest BCUT2D eigenvalue weighted by Crippen LogP contribution is -2.52. The summed E-state index contributed by atoms with van der Waals surface area (Å²) in [6.45, 7) is 26.5. The smallest absolute Gasteiger partial charge is 0.114 e. The second kappa shape index (κ2) is 8.42. The highest BCUT2D eigenvalue weighted by molar-refractivity contribution is 5.03. The van der Waals surface area contributed by atoms with Gasteiger partial charge < -0.3 is 19.1 Å². The van der Waals surface area contributed by atoms with Gasteiger partial charge in [-0.05, 0) is 102 Å². The Morgan fingerprint density at radius 3 is 1.59 bits per heavy atom. The average Bonchev–Trinajstić information content (AvgIpc) is 2.35. The number of hydrogen-bond donors (Lipinski definition) is 0. The van der Waals surface area contributed by atoms with Crippen molar-refractivity contribution in [2.75, 3.05) is 6.54 Å². The van der Waals surface area contributed by atoms with Gasteiger partial charge in [0.2, 0.25) is 0 Å². The highest BCUT2D eigenvalue weighted by Crippen LogP contribution is 2.30. The van der Waals surface area contributed by atoms with Gasteiger partial charge in [0, 0.05) is 12.1 Å². The van der Waals surface area contributed by atoms with Crippen LogP contribution in [0.5, 0.6) is 0 Å². The quantitative estimate of drug-likeness (QED) is 0.639. The largest absolute Gasteiger partial charge is 0.373 e. The van der Waals surface area contributed by atoms with Crippen LogP contribution in [-0.4, -0.2) is 52.1 Å². The SMILES string of the molecule is CC(C)(C)OC1/C=C\N(C(C)(C)C)CCC(OC(C)(C)C)C1OC(C)(C)C. The molecule has 1 rings (SSSR count). The number of ether oxygens (including phenoxy) is 3. The molecule has 0 bridgehead atoms. The van der Waals surface area contributed by atoms with Gasteiger partial charge in [-0.25, -0.2) is 0 Å². The van der Waals surface area contributed by atoms with Gasteiger partial charge in [-0.1, -0.05) is 0 Å². The molecule has 160 valence electrons. The third kappa shape index (κ3) is 9.45. The Kier molecular flexibility index (Phi) is 7.63. The zero-order chi connectivity index (χ0) is 21.3. The predicted octanol–water partition coefficient (Wildman–Crippen LogP) is 5.56. The molecule has 0 saturated carbocycles. The average molecular weight is 384 g/mol. The third-order valence-electron chi connectivity index (χ3n) is 4.15. The summed E-state index contributed by atoms with van der Waals surface area (Å²) in [7, 11) is 0. The maximum Gasteiger partial charge on any atom is 0.114 e. The van der Waals surface area contributed by atoms with Gasteiger partial charge >= 0.3 is 0 Å². The van der Waals surface area contributed by atoms with Crippen LogP contribution in [0.3, 0.4) is 0 Å². The van der Waals surface area contributed by atoms with Gasteiger partial charge in [0.25, 0.3) is 0 Å². The number of rotatable bonds is 3. The molecule has 1 aliphatic rings. The van der Waals surface area contributed by atoms with E-state index in [9.17, 15) is 0 Å². The number of nitrogens with zero attached hydrogens (tertiary/aromatic N) is 1. The van der Waals surface area contributed by atoms with E-state index >= 15 is 0 Å². The zero-order valence-corrected chi connectivity index (χ0v) is 20.0. The minimum absolute atomic E-state index is 0.0484. The van der Waals surface area contributed by atoms with Gasteiger partial charge in [-0.3, -0.25) is 0 Å². The summed E-state index contributed by atoms with van der Waals surface area (Å²) in [4.78, 5) is 2.37. The first kappa shape index (κ1) is 24.5. The molecule has 0 fully saturated rings. The molecule has 0 saturated heterocycles. The molecule has 4 heteroatoms. The normalized spacial score (nSPS) is 27.3. The van der Waals surface area contributed by atoms with Gasteiger partial charge in [0.1, 0.15) is 12.2 Å². The molecule has 3 unspecified atom stereocenters. The van der Waals surface area contributed by atoms with Crippen LogP contribution >= 0.6 is 0 Å². The molecule has 0 aromatic heterocycles. The Bertz CT molecular complexity index is 486. The summed E-state index contributed by atoms with van der Waals surface area (Å²) < 4.78 is 19.5. The van der Waals surface area contributed by atoms with Crippen molar-refractivity contribution in [2.24, 2.45) is 0 Å². The summed E-state index contributed by atoms with van der Waals surface area (Å²) in [6.07, 6.45) is 4.84. The first-order valence-corrected chi connectivity index (χ1v) is 10.4. The van der Waals surface area contributed by atoms with Crippen LogP contribution in [0.25, 0.3) is 0 Å². The van der Waals surface area contributed by atoms with E-state index in [4.69, 9.17) is 14.2 Å². The molecule has 27 heavy (non-hydrogen) atoms. The highest BCUT2D eigenvalue weighted by atomic mass is 16.6. The molecule has 0 amide bonds. The summed E-state index contributed by atoms with van der Waals surface area (Å²) in [5.74, 6) is 0. The van der Waals surface area contributed by atoms with E-state index in [1.165, 1.54) is 0 Å². The Hall–Kier alpha value is -0.580. The minimum Gasteiger partial charge on any atom is -0.373 e. The van der Waals surface area contributed by atoms with Gasteiger partial charge in [0.05, 0.1) is 22.9 Å². The highest BCUT2D eigenvalue weighted by Gasteiger charge is 2.39. The van der Waals surface area contributed by atoms with Crippen molar-refractivity contribution in [3.05, 3.63) is 12.3 Å². The van der Waals surface area contributed by atoms with E-state index in [-0.39, 0.29) is 40.7 Å². The lowest BCUT2D eigenvalue weighted by molar-refractivity contribution is -0.211. The second-order valence-corrected chi connectivity index (χ2v) is 11.7. The minimum atomic E-state index is -0.277. The first-order valence-electron chi connectivity index (χ1n) is 10.4. The van der Waals surface area contributed by atoms with Crippen molar-refractivity contribution < 1.29 is 14.2 Å². The molecule has 0 N–H and O–H groups in total. The fraction of sp³-hybridized carbons (Fsp3) is 0.913. The fourth-order valence-electron chi connectivity index (χ4n) is 3.22. The second-order valence-electron chi connectivity index (χ2n) is 11.7. The zero-order valence-electron chi connectivity index (χ0n) is 20.0. The standard InChI is InChI=1S/C23H45NO3/c1-20(2,3)24-15-13-17(25-21(4,5)6)19(27-23(10,11)12)18(14-16-24)26-22(7,8)9/h13,15,17-19H,14,16H2,1-12H3/b15-13-. The Morgan fingerprint density at radius 1 is 0.704 bits per heavy atom. The monoisotopic (exact) mass is 383 g/mol. The molecule has 0 spiro atoms. The third-order valence-corrected chi connectivity index (χ3v) is 4.15. The molecule has 1 aliphatic heterocycles. The molecule has 0 aromatic rings. The van der Waals surface area contributed by atoms with Crippen molar-refractivity contribution in [1.29, 1.82) is 0 Å². The molecule has 1 heterocycles. The van der Waals surface area contributed by atoms with E-state index in [1.54, 1.807) is 0 Å². The van der Waals surface area contributed by atoms with Crippen molar-refractivity contribution >= 4 is 0 Å². The molecule has 4 nitrogen and oxygen atoms in total. The molecule has 0 radical (unpaired) electrons. The van der Waals surface area contributed by atoms with Gasteiger partial charge in [-0.2, -0.15) is 0 Å². The van der Waals surface area contributed by atoms with E-state index in [1.807, 2.05) is 0 Å². The topological polar surface area (TPSA) is 30.9 Å². The van der Waals surface area contributed by atoms with Crippen LogP contribution in [0.15, 0.2) is 12.3 Å². The van der Waals surface area contributed by atoms with Crippen molar-refractivity contribution in [1.82, 2.24) is 4.90 Å². The van der Waals surface area contributed by atoms with Crippen LogP contribution in [0.1, 0.15) is 89.5 Å². The van der Waals surface area contributed by atoms with Crippen molar-refractivity contribution in [3.63, 3.8) is 0 Å². The van der Waals surface area contributed by atoms with E-state index in [2.05, 4.69) is 100 Å². The molecule has 0 aromatic carbocycles. The lowest BCUT2D eigenvalue weighted by atomic mass is 9.96. The van der Waals surface area contributed by atoms with Crippen LogP contribution in [0.2, 0.25) is 0 Å². The first-order chi connectivity index (χ1) is 11.9. The molecular weight excluding hydrogens is 338 g/mol. The van der Waals surface area contributed by atoms with E-state index in [0.717, 1.165) is 13.0 Å². The molecule has 0 aliphatic carbocycles. The number of hydrogen-bond acceptors (Lipinski definition) is 4. The van der Waals surface area contributed by atoms with Gasteiger partial charge in [0.15, 0.2) is 0 Å². The van der Waals surface area contributed by atoms with E-state index < -0.39 is 0 Å². The van der Waals surface area contributed by atoms with Crippen LogP contribution in [-0.2, 0) is 14.2 Å². The summed E-state index contributed by atoms with van der Waals surface area (Å²) in [6, 6.07) is 0. The maximum absolute atomic E-state index is 6.53. The Morgan fingerprint density at radius 2 is 1.19 bits per heavy atom. The maximum atomic E-state index is 6.53. The van der Waals surface area contributed by atoms with Crippen molar-refractivity contribution in [3.8, 4) is 0 Å². The lowest BCUT2D eigenvalue weighted by Gasteiger charge is -2.44. The fourth-order valence-corrected chi connectivity index (χ4v) is 3.22. The summed E-state index contributed by atoms with van der Waals surface area (Å²) >= 11 is 0. The summed E-state index contributed by atoms with van der Waals surface area (Å²) in [5, 5.41) is 0. The van der Waals surface area contributed by atoms with E-state index in [0.29, 0.717) is 0 Å². The Labute approximate surface area is 168 Å². The Balaban J connectivity index is 3.33. The van der Waals surface area contributed by atoms with Crippen LogP contribution < -0.4 is 0 Å². The predicted molar refractivity (Wildman–Crippen MR) is 114 cm³/mol. The molecule has 3 atom stereocenters. The van der Waals surface area contributed by atoms with Crippen molar-refractivity contribution in [2.45, 2.75) is 130 Å². The van der Waals surface area contributed by atoms with Crippen LogP contribution in [0.4, 0.5) is 0 Å². The van der Waals surface area contributed by atoms with Gasteiger partial charge in [-0.15, -0.1) is 0 Å².